The lowest BCUT2D eigenvalue weighted by molar-refractivity contribution is 0.0436. The van der Waals surface area contributed by atoms with Gasteiger partial charge in [-0.1, -0.05) is 11.6 Å². The van der Waals surface area contributed by atoms with Crippen molar-refractivity contribution in [3.8, 4) is 0 Å². The van der Waals surface area contributed by atoms with Gasteiger partial charge in [-0.15, -0.1) is 0 Å². The molecule has 0 aliphatic heterocycles. The highest BCUT2D eigenvalue weighted by atomic mass is 35.5. The van der Waals surface area contributed by atoms with Gasteiger partial charge in [-0.3, -0.25) is 4.79 Å². The molecule has 19 heavy (non-hydrogen) atoms. The first-order valence-electron chi connectivity index (χ1n) is 5.45. The number of oxazole rings is 1. The maximum atomic E-state index is 11.7. The number of hydrogen-bond acceptors (Lipinski definition) is 5. The van der Waals surface area contributed by atoms with Crippen molar-refractivity contribution < 1.29 is 13.9 Å². The maximum Gasteiger partial charge on any atom is 0.340 e. The van der Waals surface area contributed by atoms with E-state index >= 15 is 0 Å². The van der Waals surface area contributed by atoms with Crippen molar-refractivity contribution >= 4 is 17.6 Å². The number of hydrogen-bond donors (Lipinski definition) is 1. The van der Waals surface area contributed by atoms with E-state index < -0.39 is 11.5 Å². The van der Waals surface area contributed by atoms with E-state index in [-0.39, 0.29) is 17.2 Å². The number of nitrogens with one attached hydrogen (secondary N) is 1. The first kappa shape index (κ1) is 13.4. The summed E-state index contributed by atoms with van der Waals surface area (Å²) in [6, 6.07) is 1.24. The number of esters is 1. The molecule has 6 nitrogen and oxygen atoms in total. The molecule has 2 aromatic rings. The molecule has 2 rings (SSSR count). The quantitative estimate of drug-likeness (QED) is 0.870. The molecule has 1 N–H and O–H groups in total. The van der Waals surface area contributed by atoms with E-state index in [1.165, 1.54) is 12.3 Å². The second kappa shape index (κ2) is 5.27. The highest BCUT2D eigenvalue weighted by molar-refractivity contribution is 6.30. The van der Waals surface area contributed by atoms with Crippen LogP contribution in [0.2, 0.25) is 5.02 Å². The normalized spacial score (nSPS) is 10.5. The van der Waals surface area contributed by atoms with Crippen LogP contribution in [-0.4, -0.2) is 15.9 Å². The Morgan fingerprint density at radius 1 is 1.53 bits per heavy atom. The van der Waals surface area contributed by atoms with Crippen molar-refractivity contribution in [1.82, 2.24) is 9.97 Å². The number of aromatic nitrogens is 2. The molecule has 2 aromatic heterocycles. The Hall–Kier alpha value is -2.08. The van der Waals surface area contributed by atoms with Gasteiger partial charge in [0.1, 0.15) is 10.8 Å². The highest BCUT2D eigenvalue weighted by Crippen LogP contribution is 2.11. The maximum absolute atomic E-state index is 11.7. The van der Waals surface area contributed by atoms with Crippen LogP contribution in [0.25, 0.3) is 0 Å². The third-order valence-electron chi connectivity index (χ3n) is 2.49. The van der Waals surface area contributed by atoms with E-state index in [1.807, 2.05) is 0 Å². The minimum atomic E-state index is -0.619. The lowest BCUT2D eigenvalue weighted by Crippen LogP contribution is -2.11. The molecule has 0 unspecified atom stereocenters. The van der Waals surface area contributed by atoms with E-state index in [2.05, 4.69) is 9.97 Å². The summed E-state index contributed by atoms with van der Waals surface area (Å²) in [5.41, 5.74) is 0.444. The number of aromatic amines is 1. The number of carbonyl (C=O) groups excluding carboxylic acids is 1. The molecule has 0 spiro atoms. The fraction of sp³-hybridized carbons (Fsp3) is 0.250. The average molecular weight is 283 g/mol. The fourth-order valence-corrected chi connectivity index (χ4v) is 1.56. The number of rotatable bonds is 3. The summed E-state index contributed by atoms with van der Waals surface area (Å²) in [5, 5.41) is -0.0720. The number of nitrogens with zero attached hydrogens (tertiary/aromatic N) is 1. The van der Waals surface area contributed by atoms with Crippen LogP contribution in [-0.2, 0) is 11.3 Å². The van der Waals surface area contributed by atoms with Gasteiger partial charge in [0, 0.05) is 6.20 Å². The number of halogens is 1. The molecule has 0 bridgehead atoms. The van der Waals surface area contributed by atoms with Crippen LogP contribution < -0.4 is 5.56 Å². The van der Waals surface area contributed by atoms with Crippen LogP contribution in [0.5, 0.6) is 0 Å². The van der Waals surface area contributed by atoms with Crippen molar-refractivity contribution in [3.63, 3.8) is 0 Å². The monoisotopic (exact) mass is 282 g/mol. The third kappa shape index (κ3) is 3.03. The van der Waals surface area contributed by atoms with Crippen molar-refractivity contribution in [1.29, 1.82) is 0 Å². The van der Waals surface area contributed by atoms with Crippen molar-refractivity contribution in [3.05, 3.63) is 50.5 Å². The van der Waals surface area contributed by atoms with Crippen molar-refractivity contribution in [2.24, 2.45) is 0 Å². The second-order valence-electron chi connectivity index (χ2n) is 3.89. The van der Waals surface area contributed by atoms with E-state index in [9.17, 15) is 9.59 Å². The fourth-order valence-electron chi connectivity index (χ4n) is 1.39. The van der Waals surface area contributed by atoms with Gasteiger partial charge in [-0.05, 0) is 19.9 Å². The van der Waals surface area contributed by atoms with E-state index in [0.717, 1.165) is 5.69 Å². The van der Waals surface area contributed by atoms with Crippen LogP contribution in [0.15, 0.2) is 21.5 Å². The molecular weight excluding hydrogens is 272 g/mol. The van der Waals surface area contributed by atoms with Gasteiger partial charge < -0.3 is 14.1 Å². The minimum Gasteiger partial charge on any atom is -0.452 e. The third-order valence-corrected chi connectivity index (χ3v) is 2.77. The molecular formula is C12H11ClN2O4. The molecule has 2 heterocycles. The first-order chi connectivity index (χ1) is 8.97. The Morgan fingerprint density at radius 2 is 2.26 bits per heavy atom. The topological polar surface area (TPSA) is 85.2 Å². The van der Waals surface area contributed by atoms with Gasteiger partial charge >= 0.3 is 5.97 Å². The van der Waals surface area contributed by atoms with Crippen LogP contribution in [0.4, 0.5) is 0 Å². The summed E-state index contributed by atoms with van der Waals surface area (Å²) in [7, 11) is 0. The smallest absolute Gasteiger partial charge is 0.340 e. The Morgan fingerprint density at radius 3 is 2.84 bits per heavy atom. The SMILES string of the molecule is Cc1nc(COC(=O)c2c[nH]c(=O)c(Cl)c2)oc1C. The predicted octanol–water partition coefficient (Wildman–Crippen LogP) is 1.99. The van der Waals surface area contributed by atoms with Gasteiger partial charge in [0.15, 0.2) is 6.61 Å². The number of H-pyrrole nitrogens is 1. The summed E-state index contributed by atoms with van der Waals surface area (Å²) in [6.07, 6.45) is 1.24. The van der Waals surface area contributed by atoms with E-state index in [1.54, 1.807) is 13.8 Å². The van der Waals surface area contributed by atoms with Crippen molar-refractivity contribution in [2.45, 2.75) is 20.5 Å². The molecule has 0 amide bonds. The van der Waals surface area contributed by atoms with Crippen LogP contribution >= 0.6 is 11.6 Å². The van der Waals surface area contributed by atoms with Gasteiger partial charge in [0.05, 0.1) is 11.3 Å². The molecule has 0 saturated heterocycles. The van der Waals surface area contributed by atoms with Gasteiger partial charge in [0.2, 0.25) is 5.89 Å². The van der Waals surface area contributed by atoms with Gasteiger partial charge in [-0.2, -0.15) is 0 Å². The number of ether oxygens (including phenoxy) is 1. The van der Waals surface area contributed by atoms with Crippen LogP contribution in [0, 0.1) is 13.8 Å². The zero-order valence-corrected chi connectivity index (χ0v) is 11.1. The Kier molecular flexibility index (Phi) is 3.71. The van der Waals surface area contributed by atoms with Crippen LogP contribution in [0.1, 0.15) is 27.7 Å². The summed E-state index contributed by atoms with van der Waals surface area (Å²) in [5.74, 6) is 0.378. The molecule has 0 atom stereocenters. The molecule has 0 fully saturated rings. The molecule has 0 saturated carbocycles. The molecule has 0 radical (unpaired) electrons. The lowest BCUT2D eigenvalue weighted by atomic mass is 10.3. The lowest BCUT2D eigenvalue weighted by Gasteiger charge is -2.02. The first-order valence-corrected chi connectivity index (χ1v) is 5.83. The Labute approximate surface area is 113 Å². The zero-order valence-electron chi connectivity index (χ0n) is 10.3. The Bertz CT molecular complexity index is 655. The van der Waals surface area contributed by atoms with E-state index in [4.69, 9.17) is 20.8 Å². The standard InChI is InChI=1S/C12H11ClN2O4/c1-6-7(2)19-10(15-6)5-18-12(17)8-3-9(13)11(16)14-4-8/h3-4H,5H2,1-2H3,(H,14,16). The van der Waals surface area contributed by atoms with Gasteiger partial charge in [-0.25, -0.2) is 9.78 Å². The zero-order chi connectivity index (χ0) is 14.0. The van der Waals surface area contributed by atoms with Crippen molar-refractivity contribution in [2.75, 3.05) is 0 Å². The average Bonchev–Trinajstić information content (AvgIpc) is 2.69. The summed E-state index contributed by atoms with van der Waals surface area (Å²) >= 11 is 5.62. The minimum absolute atomic E-state index is 0.0720. The molecule has 0 aliphatic carbocycles. The Balaban J connectivity index is 2.05. The molecule has 0 aliphatic rings. The summed E-state index contributed by atoms with van der Waals surface area (Å²) in [6.45, 7) is 3.49. The van der Waals surface area contributed by atoms with E-state index in [0.29, 0.717) is 11.7 Å². The summed E-state index contributed by atoms with van der Waals surface area (Å²) in [4.78, 5) is 29.2. The number of aryl methyl sites for hydroxylation is 2. The largest absolute Gasteiger partial charge is 0.452 e. The second-order valence-corrected chi connectivity index (χ2v) is 4.30. The predicted molar refractivity (Wildman–Crippen MR) is 67.2 cm³/mol. The highest BCUT2D eigenvalue weighted by Gasteiger charge is 2.12. The van der Waals surface area contributed by atoms with Gasteiger partial charge in [0.25, 0.3) is 5.56 Å². The molecule has 7 heteroatoms. The summed E-state index contributed by atoms with van der Waals surface area (Å²) < 4.78 is 10.3. The molecule has 100 valence electrons. The number of carbonyl (C=O) groups is 1. The number of pyridine rings is 1. The molecule has 0 aromatic carbocycles. The van der Waals surface area contributed by atoms with Crippen LogP contribution in [0.3, 0.4) is 0 Å².